The topological polar surface area (TPSA) is 47.3 Å². The van der Waals surface area contributed by atoms with Gasteiger partial charge in [-0.2, -0.15) is 13.2 Å². The number of nitrogens with one attached hydrogen (secondary N) is 1. The second-order valence-electron chi connectivity index (χ2n) is 4.07. The molecule has 0 amide bonds. The van der Waals surface area contributed by atoms with Crippen LogP contribution in [-0.4, -0.2) is 13.7 Å². The lowest BCUT2D eigenvalue weighted by Crippen LogP contribution is -2.29. The molecular weight excluding hydrogens is 245 g/mol. The molecule has 1 aromatic rings. The Hall–Kier alpha value is -1.11. The van der Waals surface area contributed by atoms with Gasteiger partial charge in [-0.15, -0.1) is 0 Å². The van der Waals surface area contributed by atoms with E-state index in [0.717, 1.165) is 17.7 Å². The summed E-state index contributed by atoms with van der Waals surface area (Å²) in [5, 5.41) is 0. The lowest BCUT2D eigenvalue weighted by Gasteiger charge is -2.19. The highest BCUT2D eigenvalue weighted by Gasteiger charge is 2.31. The lowest BCUT2D eigenvalue weighted by molar-refractivity contribution is -0.137. The first kappa shape index (κ1) is 14.9. The first-order chi connectivity index (χ1) is 8.40. The number of hydrazine groups is 1. The van der Waals surface area contributed by atoms with Crippen molar-refractivity contribution in [2.45, 2.75) is 25.6 Å². The Labute approximate surface area is 104 Å². The lowest BCUT2D eigenvalue weighted by atomic mass is 9.97. The van der Waals surface area contributed by atoms with Crippen molar-refractivity contribution in [2.75, 3.05) is 13.7 Å². The summed E-state index contributed by atoms with van der Waals surface area (Å²) in [6.07, 6.45) is -3.72. The van der Waals surface area contributed by atoms with Crippen molar-refractivity contribution in [3.63, 3.8) is 0 Å². The summed E-state index contributed by atoms with van der Waals surface area (Å²) in [6.45, 7) is 2.12. The Kier molecular flexibility index (Phi) is 5.13. The average molecular weight is 262 g/mol. The third kappa shape index (κ3) is 3.69. The van der Waals surface area contributed by atoms with Crippen LogP contribution in [0.15, 0.2) is 18.2 Å². The number of alkyl halides is 3. The fourth-order valence-corrected chi connectivity index (χ4v) is 1.81. The molecule has 1 atom stereocenters. The Morgan fingerprint density at radius 1 is 1.39 bits per heavy atom. The van der Waals surface area contributed by atoms with Crippen molar-refractivity contribution in [1.29, 1.82) is 0 Å². The van der Waals surface area contributed by atoms with Gasteiger partial charge in [0.15, 0.2) is 0 Å². The monoisotopic (exact) mass is 262 g/mol. The molecule has 102 valence electrons. The van der Waals surface area contributed by atoms with Crippen LogP contribution in [0.4, 0.5) is 13.2 Å². The predicted molar refractivity (Wildman–Crippen MR) is 62.7 cm³/mol. The molecule has 0 spiro atoms. The van der Waals surface area contributed by atoms with E-state index in [2.05, 4.69) is 5.43 Å². The Bertz CT molecular complexity index is 393. The van der Waals surface area contributed by atoms with E-state index in [0.29, 0.717) is 18.6 Å². The molecule has 0 fully saturated rings. The van der Waals surface area contributed by atoms with Crippen molar-refractivity contribution in [2.24, 2.45) is 5.84 Å². The number of benzene rings is 1. The Morgan fingerprint density at radius 2 is 2.06 bits per heavy atom. The summed E-state index contributed by atoms with van der Waals surface area (Å²) in [7, 11) is 1.56. The second-order valence-corrected chi connectivity index (χ2v) is 4.07. The minimum Gasteiger partial charge on any atom is -0.385 e. The van der Waals surface area contributed by atoms with Crippen molar-refractivity contribution in [3.8, 4) is 0 Å². The largest absolute Gasteiger partial charge is 0.416 e. The fraction of sp³-hybridized carbons (Fsp3) is 0.500. The van der Waals surface area contributed by atoms with Crippen LogP contribution >= 0.6 is 0 Å². The molecule has 0 saturated carbocycles. The van der Waals surface area contributed by atoms with Crippen molar-refractivity contribution >= 4 is 0 Å². The summed E-state index contributed by atoms with van der Waals surface area (Å²) in [6, 6.07) is 3.44. The molecule has 0 aliphatic heterocycles. The molecular formula is C12H17F3N2O. The molecule has 3 nitrogen and oxygen atoms in total. The number of hydrogen-bond acceptors (Lipinski definition) is 3. The van der Waals surface area contributed by atoms with Crippen LogP contribution in [0, 0.1) is 6.92 Å². The van der Waals surface area contributed by atoms with E-state index in [1.165, 1.54) is 6.07 Å². The third-order valence-corrected chi connectivity index (χ3v) is 2.78. The number of ether oxygens (including phenoxy) is 1. The summed E-state index contributed by atoms with van der Waals surface area (Å²) >= 11 is 0. The van der Waals surface area contributed by atoms with Crippen LogP contribution in [0.5, 0.6) is 0 Å². The summed E-state index contributed by atoms with van der Waals surface area (Å²) < 4.78 is 42.5. The predicted octanol–water partition coefficient (Wildman–Crippen LogP) is 2.55. The molecule has 1 unspecified atom stereocenters. The van der Waals surface area contributed by atoms with E-state index in [4.69, 9.17) is 10.6 Å². The van der Waals surface area contributed by atoms with Crippen LogP contribution in [0.3, 0.4) is 0 Å². The van der Waals surface area contributed by atoms with Crippen molar-refractivity contribution in [1.82, 2.24) is 5.43 Å². The highest BCUT2D eigenvalue weighted by Crippen LogP contribution is 2.32. The highest BCUT2D eigenvalue weighted by atomic mass is 19.4. The number of rotatable bonds is 5. The molecule has 18 heavy (non-hydrogen) atoms. The zero-order chi connectivity index (χ0) is 13.8. The molecule has 1 aromatic carbocycles. The zero-order valence-corrected chi connectivity index (χ0v) is 10.3. The maximum atomic E-state index is 12.5. The van der Waals surface area contributed by atoms with Crippen LogP contribution < -0.4 is 11.3 Å². The van der Waals surface area contributed by atoms with Gasteiger partial charge in [0.05, 0.1) is 5.56 Å². The first-order valence-corrected chi connectivity index (χ1v) is 5.53. The molecule has 0 saturated heterocycles. The number of aryl methyl sites for hydroxylation is 1. The van der Waals surface area contributed by atoms with Crippen molar-refractivity contribution < 1.29 is 17.9 Å². The van der Waals surface area contributed by atoms with Crippen LogP contribution in [0.2, 0.25) is 0 Å². The highest BCUT2D eigenvalue weighted by molar-refractivity contribution is 5.34. The van der Waals surface area contributed by atoms with Gasteiger partial charge in [0.1, 0.15) is 0 Å². The summed E-state index contributed by atoms with van der Waals surface area (Å²) in [5.74, 6) is 5.41. The number of methoxy groups -OCH3 is 1. The van der Waals surface area contributed by atoms with Gasteiger partial charge >= 0.3 is 6.18 Å². The Morgan fingerprint density at radius 3 is 2.50 bits per heavy atom. The van der Waals surface area contributed by atoms with E-state index >= 15 is 0 Å². The summed E-state index contributed by atoms with van der Waals surface area (Å²) in [5.41, 5.74) is 3.26. The minimum absolute atomic E-state index is 0.216. The number of nitrogens with two attached hydrogens (primary N) is 1. The van der Waals surface area contributed by atoms with Gasteiger partial charge in [0.2, 0.25) is 0 Å². The van der Waals surface area contributed by atoms with Crippen molar-refractivity contribution in [3.05, 3.63) is 34.9 Å². The quantitative estimate of drug-likeness (QED) is 0.633. The number of halogens is 3. The van der Waals surface area contributed by atoms with Crippen LogP contribution in [0.1, 0.15) is 29.2 Å². The molecule has 0 bridgehead atoms. The van der Waals surface area contributed by atoms with Gasteiger partial charge < -0.3 is 4.74 Å². The molecule has 6 heteroatoms. The molecule has 0 aromatic heterocycles. The smallest absolute Gasteiger partial charge is 0.385 e. The van der Waals surface area contributed by atoms with Crippen LogP contribution in [-0.2, 0) is 10.9 Å². The van der Waals surface area contributed by atoms with Gasteiger partial charge in [-0.25, -0.2) is 0 Å². The minimum atomic E-state index is -4.32. The van der Waals surface area contributed by atoms with Gasteiger partial charge in [-0.1, -0.05) is 6.07 Å². The van der Waals surface area contributed by atoms with E-state index in [1.807, 2.05) is 0 Å². The molecule has 1 rings (SSSR count). The Balaban J connectivity index is 2.96. The number of hydrogen-bond donors (Lipinski definition) is 2. The van der Waals surface area contributed by atoms with Crippen LogP contribution in [0.25, 0.3) is 0 Å². The maximum Gasteiger partial charge on any atom is 0.416 e. The molecule has 0 aliphatic rings. The molecule has 3 N–H and O–H groups in total. The molecule has 0 heterocycles. The second kappa shape index (κ2) is 6.17. The molecule has 0 aliphatic carbocycles. The summed E-state index contributed by atoms with van der Waals surface area (Å²) in [4.78, 5) is 0. The maximum absolute atomic E-state index is 12.5. The van der Waals surface area contributed by atoms with Gasteiger partial charge in [0, 0.05) is 19.8 Å². The SMILES string of the molecule is COCCC(NN)c1ccc(C(F)(F)F)cc1C. The first-order valence-electron chi connectivity index (χ1n) is 5.53. The van der Waals surface area contributed by atoms with E-state index in [9.17, 15) is 13.2 Å². The zero-order valence-electron chi connectivity index (χ0n) is 10.3. The average Bonchev–Trinajstić information content (AvgIpc) is 2.30. The van der Waals surface area contributed by atoms with E-state index in [1.54, 1.807) is 14.0 Å². The van der Waals surface area contributed by atoms with E-state index in [-0.39, 0.29) is 6.04 Å². The fourth-order valence-electron chi connectivity index (χ4n) is 1.81. The standard InChI is InChI=1S/C12H17F3N2O/c1-8-7-9(12(13,14)15)3-4-10(8)11(17-16)5-6-18-2/h3-4,7,11,17H,5-6,16H2,1-2H3. The third-order valence-electron chi connectivity index (χ3n) is 2.78. The molecule has 0 radical (unpaired) electrons. The van der Waals surface area contributed by atoms with Gasteiger partial charge in [-0.3, -0.25) is 11.3 Å². The van der Waals surface area contributed by atoms with E-state index < -0.39 is 11.7 Å². The normalized spacial score (nSPS) is 13.7. The van der Waals surface area contributed by atoms with Gasteiger partial charge in [0.25, 0.3) is 0 Å². The van der Waals surface area contributed by atoms with Gasteiger partial charge in [-0.05, 0) is 36.6 Å².